The second-order valence-electron chi connectivity index (χ2n) is 6.84. The van der Waals surface area contributed by atoms with Crippen LogP contribution in [0.3, 0.4) is 0 Å². The molecule has 1 atom stereocenters. The third kappa shape index (κ3) is 3.24. The zero-order valence-electron chi connectivity index (χ0n) is 13.9. The molecule has 3 rings (SSSR count). The van der Waals surface area contributed by atoms with Gasteiger partial charge in [-0.1, -0.05) is 6.07 Å². The highest BCUT2D eigenvalue weighted by molar-refractivity contribution is 6.00. The Bertz CT molecular complexity index is 621. The maximum absolute atomic E-state index is 12.7. The molecule has 0 radical (unpaired) electrons. The van der Waals surface area contributed by atoms with Gasteiger partial charge >= 0.3 is 0 Å². The second kappa shape index (κ2) is 6.32. The molecule has 1 aromatic carbocycles. The van der Waals surface area contributed by atoms with Crippen LogP contribution in [0, 0.1) is 19.8 Å². The molecular formula is C18H25N3O2. The molecule has 2 amide bonds. The first kappa shape index (κ1) is 16.0. The van der Waals surface area contributed by atoms with E-state index in [0.717, 1.165) is 24.1 Å². The number of benzene rings is 1. The van der Waals surface area contributed by atoms with Gasteiger partial charge in [-0.25, -0.2) is 0 Å². The smallest absolute Gasteiger partial charge is 0.228 e. The lowest BCUT2D eigenvalue weighted by molar-refractivity contribution is -0.136. The van der Waals surface area contributed by atoms with Crippen LogP contribution < -0.4 is 10.6 Å². The van der Waals surface area contributed by atoms with Gasteiger partial charge in [-0.3, -0.25) is 9.59 Å². The molecule has 2 N–H and O–H groups in total. The van der Waals surface area contributed by atoms with Crippen LogP contribution in [0.25, 0.3) is 0 Å². The molecule has 0 bridgehead atoms. The van der Waals surface area contributed by atoms with Crippen molar-refractivity contribution in [2.24, 2.45) is 11.7 Å². The fraction of sp³-hybridized carbons (Fsp3) is 0.556. The first-order valence-corrected chi connectivity index (χ1v) is 8.37. The van der Waals surface area contributed by atoms with Crippen molar-refractivity contribution < 1.29 is 9.59 Å². The highest BCUT2D eigenvalue weighted by Crippen LogP contribution is 2.28. The van der Waals surface area contributed by atoms with Crippen LogP contribution >= 0.6 is 0 Å². The maximum atomic E-state index is 12.7. The average molecular weight is 315 g/mol. The molecule has 2 fully saturated rings. The quantitative estimate of drug-likeness (QED) is 0.901. The van der Waals surface area contributed by atoms with Crippen molar-refractivity contribution in [2.45, 2.75) is 39.2 Å². The van der Waals surface area contributed by atoms with E-state index in [4.69, 9.17) is 5.73 Å². The summed E-state index contributed by atoms with van der Waals surface area (Å²) in [6, 6.07) is 6.22. The van der Waals surface area contributed by atoms with Crippen LogP contribution in [-0.2, 0) is 9.59 Å². The van der Waals surface area contributed by atoms with Crippen molar-refractivity contribution in [2.75, 3.05) is 24.5 Å². The van der Waals surface area contributed by atoms with Crippen molar-refractivity contribution in [3.63, 3.8) is 0 Å². The molecule has 23 heavy (non-hydrogen) atoms. The minimum atomic E-state index is -0.224. The Morgan fingerprint density at radius 3 is 2.52 bits per heavy atom. The Labute approximate surface area is 137 Å². The summed E-state index contributed by atoms with van der Waals surface area (Å²) < 4.78 is 0. The van der Waals surface area contributed by atoms with Crippen LogP contribution in [0.2, 0.25) is 0 Å². The lowest BCUT2D eigenvalue weighted by Crippen LogP contribution is -2.45. The standard InChI is InChI=1S/C18H25N3O2/c1-12-3-4-16(9-13(12)2)21-11-14(10-17(21)22)18(23)20-7-5-15(19)6-8-20/h3-4,9,14-15H,5-8,10-11,19H2,1-2H3. The Morgan fingerprint density at radius 2 is 1.87 bits per heavy atom. The van der Waals surface area contributed by atoms with Crippen molar-refractivity contribution >= 4 is 17.5 Å². The molecule has 2 saturated heterocycles. The number of rotatable bonds is 2. The summed E-state index contributed by atoms with van der Waals surface area (Å²) in [5.74, 6) is -0.0738. The number of likely N-dealkylation sites (tertiary alicyclic amines) is 1. The van der Waals surface area contributed by atoms with Crippen LogP contribution in [0.4, 0.5) is 5.69 Å². The summed E-state index contributed by atoms with van der Waals surface area (Å²) in [6.07, 6.45) is 2.02. The van der Waals surface area contributed by atoms with Crippen molar-refractivity contribution in [3.05, 3.63) is 29.3 Å². The number of nitrogens with zero attached hydrogens (tertiary/aromatic N) is 2. The summed E-state index contributed by atoms with van der Waals surface area (Å²) in [5, 5.41) is 0. The number of piperidine rings is 1. The maximum Gasteiger partial charge on any atom is 0.228 e. The van der Waals surface area contributed by atoms with Gasteiger partial charge in [0.05, 0.1) is 5.92 Å². The normalized spacial score (nSPS) is 22.7. The molecule has 1 aromatic rings. The lowest BCUT2D eigenvalue weighted by Gasteiger charge is -2.31. The SMILES string of the molecule is Cc1ccc(N2CC(C(=O)N3CCC(N)CC3)CC2=O)cc1C. The number of carbonyl (C=O) groups is 2. The first-order valence-electron chi connectivity index (χ1n) is 8.37. The summed E-state index contributed by atoms with van der Waals surface area (Å²) in [5.41, 5.74) is 9.16. The largest absolute Gasteiger partial charge is 0.342 e. The fourth-order valence-electron chi connectivity index (χ4n) is 3.39. The Hall–Kier alpha value is -1.88. The molecule has 2 heterocycles. The van der Waals surface area contributed by atoms with Gasteiger partial charge in [0.1, 0.15) is 0 Å². The third-order valence-electron chi connectivity index (χ3n) is 5.13. The third-order valence-corrected chi connectivity index (χ3v) is 5.13. The second-order valence-corrected chi connectivity index (χ2v) is 6.84. The van der Waals surface area contributed by atoms with Gasteiger partial charge in [-0.15, -0.1) is 0 Å². The summed E-state index contributed by atoms with van der Waals surface area (Å²) in [4.78, 5) is 28.6. The minimum Gasteiger partial charge on any atom is -0.342 e. The van der Waals surface area contributed by atoms with Gasteiger partial charge in [0.15, 0.2) is 0 Å². The molecule has 0 aromatic heterocycles. The summed E-state index contributed by atoms with van der Waals surface area (Å²) in [7, 11) is 0. The minimum absolute atomic E-state index is 0.0420. The molecular weight excluding hydrogens is 290 g/mol. The van der Waals surface area contributed by atoms with E-state index in [1.807, 2.05) is 30.0 Å². The van der Waals surface area contributed by atoms with Crippen molar-refractivity contribution in [1.29, 1.82) is 0 Å². The van der Waals surface area contributed by atoms with Crippen molar-refractivity contribution in [3.8, 4) is 0 Å². The van der Waals surface area contributed by atoms with E-state index >= 15 is 0 Å². The van der Waals surface area contributed by atoms with Crippen LogP contribution in [0.15, 0.2) is 18.2 Å². The van der Waals surface area contributed by atoms with Gasteiger partial charge in [-0.05, 0) is 49.9 Å². The number of nitrogens with two attached hydrogens (primary N) is 1. The molecule has 0 saturated carbocycles. The molecule has 124 valence electrons. The van der Waals surface area contributed by atoms with Crippen molar-refractivity contribution in [1.82, 2.24) is 4.90 Å². The average Bonchev–Trinajstić information content (AvgIpc) is 2.92. The zero-order valence-corrected chi connectivity index (χ0v) is 13.9. The zero-order chi connectivity index (χ0) is 16.6. The molecule has 0 aliphatic carbocycles. The topological polar surface area (TPSA) is 66.6 Å². The van der Waals surface area contributed by atoms with Crippen LogP contribution in [-0.4, -0.2) is 42.4 Å². The van der Waals surface area contributed by atoms with E-state index < -0.39 is 0 Å². The monoisotopic (exact) mass is 315 g/mol. The van der Waals surface area contributed by atoms with Crippen LogP contribution in [0.1, 0.15) is 30.4 Å². The van der Waals surface area contributed by atoms with E-state index in [0.29, 0.717) is 26.1 Å². The number of hydrogen-bond donors (Lipinski definition) is 1. The van der Waals surface area contributed by atoms with E-state index in [9.17, 15) is 9.59 Å². The van der Waals surface area contributed by atoms with Gasteiger partial charge in [-0.2, -0.15) is 0 Å². The van der Waals surface area contributed by atoms with E-state index in [-0.39, 0.29) is 23.8 Å². The van der Waals surface area contributed by atoms with E-state index in [2.05, 4.69) is 6.92 Å². The van der Waals surface area contributed by atoms with E-state index in [1.54, 1.807) is 4.90 Å². The molecule has 2 aliphatic heterocycles. The Morgan fingerprint density at radius 1 is 1.17 bits per heavy atom. The highest BCUT2D eigenvalue weighted by Gasteiger charge is 2.37. The molecule has 1 unspecified atom stereocenters. The van der Waals surface area contributed by atoms with Crippen LogP contribution in [0.5, 0.6) is 0 Å². The number of carbonyl (C=O) groups excluding carboxylic acids is 2. The predicted octanol–water partition coefficient (Wildman–Crippen LogP) is 1.61. The molecule has 5 nitrogen and oxygen atoms in total. The molecule has 0 spiro atoms. The lowest BCUT2D eigenvalue weighted by atomic mass is 10.0. The first-order chi connectivity index (χ1) is 11.0. The predicted molar refractivity (Wildman–Crippen MR) is 90.2 cm³/mol. The van der Waals surface area contributed by atoms with Gasteiger partial charge < -0.3 is 15.5 Å². The summed E-state index contributed by atoms with van der Waals surface area (Å²) in [6.45, 7) is 6.02. The number of amides is 2. The Kier molecular flexibility index (Phi) is 4.39. The number of hydrogen-bond acceptors (Lipinski definition) is 3. The number of aryl methyl sites for hydroxylation is 2. The summed E-state index contributed by atoms with van der Waals surface area (Å²) >= 11 is 0. The van der Waals surface area contributed by atoms with Gasteiger partial charge in [0.25, 0.3) is 0 Å². The molecule has 2 aliphatic rings. The van der Waals surface area contributed by atoms with Gasteiger partial charge in [0, 0.05) is 37.8 Å². The fourth-order valence-corrected chi connectivity index (χ4v) is 3.39. The van der Waals surface area contributed by atoms with E-state index in [1.165, 1.54) is 5.56 Å². The van der Waals surface area contributed by atoms with Gasteiger partial charge in [0.2, 0.25) is 11.8 Å². The Balaban J connectivity index is 1.69. The highest BCUT2D eigenvalue weighted by atomic mass is 16.2. The number of anilines is 1. The molecule has 5 heteroatoms.